The zero-order valence-electron chi connectivity index (χ0n) is 15.8. The number of sulfonamides is 1. The van der Waals surface area contributed by atoms with Crippen molar-refractivity contribution in [3.63, 3.8) is 0 Å². The van der Waals surface area contributed by atoms with Gasteiger partial charge in [0.2, 0.25) is 10.0 Å². The Morgan fingerprint density at radius 1 is 1.14 bits per heavy atom. The Labute approximate surface area is 172 Å². The highest BCUT2D eigenvalue weighted by Crippen LogP contribution is 2.31. The van der Waals surface area contributed by atoms with Crippen molar-refractivity contribution in [1.82, 2.24) is 9.62 Å². The van der Waals surface area contributed by atoms with Crippen LogP contribution in [0.3, 0.4) is 0 Å². The molecule has 0 spiro atoms. The van der Waals surface area contributed by atoms with Gasteiger partial charge in [0.25, 0.3) is 0 Å². The highest BCUT2D eigenvalue weighted by molar-refractivity contribution is 7.92. The van der Waals surface area contributed by atoms with Crippen LogP contribution in [0.2, 0.25) is 5.02 Å². The molecule has 0 aromatic heterocycles. The first-order valence-electron chi connectivity index (χ1n) is 9.29. The second-order valence-corrected chi connectivity index (χ2v) is 8.84. The Hall–Kier alpha value is -1.86. The van der Waals surface area contributed by atoms with Crippen LogP contribution in [-0.2, 0) is 10.0 Å². The van der Waals surface area contributed by atoms with Crippen LogP contribution in [0.5, 0.6) is 5.75 Å². The maximum atomic E-state index is 12.5. The predicted octanol–water partition coefficient (Wildman–Crippen LogP) is 4.08. The average Bonchev–Trinajstić information content (AvgIpc) is 3.22. The predicted molar refractivity (Wildman–Crippen MR) is 114 cm³/mol. The van der Waals surface area contributed by atoms with Crippen LogP contribution in [0.25, 0.3) is 6.08 Å². The molecule has 1 saturated heterocycles. The molecule has 1 N–H and O–H groups in total. The van der Waals surface area contributed by atoms with Gasteiger partial charge in [0.15, 0.2) is 0 Å². The minimum absolute atomic E-state index is 0.0719. The third-order valence-electron chi connectivity index (χ3n) is 4.87. The van der Waals surface area contributed by atoms with Gasteiger partial charge in [-0.2, -0.15) is 0 Å². The smallest absolute Gasteiger partial charge is 0.233 e. The Kier molecular flexibility index (Phi) is 7.13. The minimum Gasteiger partial charge on any atom is -0.496 e. The first kappa shape index (κ1) is 20.9. The first-order valence-corrected chi connectivity index (χ1v) is 11.2. The van der Waals surface area contributed by atoms with Crippen molar-refractivity contribution in [2.45, 2.75) is 18.9 Å². The van der Waals surface area contributed by atoms with Crippen molar-refractivity contribution >= 4 is 27.7 Å². The summed E-state index contributed by atoms with van der Waals surface area (Å²) in [4.78, 5) is 2.31. The molecule has 150 valence electrons. The van der Waals surface area contributed by atoms with E-state index < -0.39 is 10.0 Å². The number of hydrogen-bond acceptors (Lipinski definition) is 4. The zero-order chi connectivity index (χ0) is 20.0. The molecule has 0 radical (unpaired) electrons. The van der Waals surface area contributed by atoms with E-state index in [0.29, 0.717) is 5.02 Å². The van der Waals surface area contributed by atoms with Crippen LogP contribution >= 0.6 is 11.6 Å². The molecule has 2 aromatic rings. The average molecular weight is 421 g/mol. The van der Waals surface area contributed by atoms with Crippen LogP contribution < -0.4 is 9.46 Å². The third kappa shape index (κ3) is 5.58. The number of benzene rings is 2. The third-order valence-corrected chi connectivity index (χ3v) is 6.18. The van der Waals surface area contributed by atoms with E-state index in [1.807, 2.05) is 24.3 Å². The number of ether oxygens (including phenoxy) is 1. The second kappa shape index (κ2) is 9.56. The quantitative estimate of drug-likeness (QED) is 0.699. The van der Waals surface area contributed by atoms with Crippen molar-refractivity contribution in [3.05, 3.63) is 70.1 Å². The number of rotatable bonds is 8. The van der Waals surface area contributed by atoms with E-state index in [1.54, 1.807) is 37.5 Å². The number of nitrogens with zero attached hydrogens (tertiary/aromatic N) is 1. The fourth-order valence-electron chi connectivity index (χ4n) is 3.42. The monoisotopic (exact) mass is 420 g/mol. The van der Waals surface area contributed by atoms with E-state index in [-0.39, 0.29) is 12.6 Å². The molecule has 5 nitrogen and oxygen atoms in total. The maximum Gasteiger partial charge on any atom is 0.233 e. The van der Waals surface area contributed by atoms with Gasteiger partial charge in [-0.05, 0) is 55.8 Å². The lowest BCUT2D eigenvalue weighted by atomic mass is 10.0. The van der Waals surface area contributed by atoms with Crippen molar-refractivity contribution in [3.8, 4) is 5.75 Å². The number of methoxy groups -OCH3 is 1. The Morgan fingerprint density at radius 2 is 1.82 bits per heavy atom. The Morgan fingerprint density at radius 3 is 2.50 bits per heavy atom. The van der Waals surface area contributed by atoms with Gasteiger partial charge in [-0.3, -0.25) is 4.90 Å². The summed E-state index contributed by atoms with van der Waals surface area (Å²) in [5.74, 6) is 0.773. The molecule has 1 aliphatic heterocycles. The highest BCUT2D eigenvalue weighted by Gasteiger charge is 2.26. The van der Waals surface area contributed by atoms with E-state index in [2.05, 4.69) is 9.62 Å². The first-order chi connectivity index (χ1) is 13.5. The molecular weight excluding hydrogens is 396 g/mol. The molecule has 1 atom stereocenters. The molecule has 0 saturated carbocycles. The van der Waals surface area contributed by atoms with Gasteiger partial charge in [0.05, 0.1) is 13.2 Å². The van der Waals surface area contributed by atoms with E-state index in [0.717, 1.165) is 42.8 Å². The number of likely N-dealkylation sites (tertiary alicyclic amines) is 1. The fourth-order valence-corrected chi connectivity index (χ4v) is 4.36. The molecular formula is C21H25ClN2O3S. The number of para-hydroxylation sites is 1. The van der Waals surface area contributed by atoms with E-state index in [1.165, 1.54) is 5.41 Å². The van der Waals surface area contributed by atoms with Gasteiger partial charge in [-0.1, -0.05) is 41.9 Å². The molecule has 2 aromatic carbocycles. The topological polar surface area (TPSA) is 58.6 Å². The molecule has 1 fully saturated rings. The normalized spacial score (nSPS) is 16.5. The standard InChI is InChI=1S/C21H25ClN2O3S/c1-27-21-7-3-2-6-19(21)20(24-13-4-5-14-24)16-23-28(25,26)15-12-17-8-10-18(22)11-9-17/h2-3,6-12,15,20,23H,4-5,13-14,16H2,1H3. The second-order valence-electron chi connectivity index (χ2n) is 6.75. The van der Waals surface area contributed by atoms with Crippen molar-refractivity contribution in [2.24, 2.45) is 0 Å². The number of halogens is 1. The molecule has 1 heterocycles. The Balaban J connectivity index is 1.74. The van der Waals surface area contributed by atoms with Gasteiger partial charge in [-0.25, -0.2) is 13.1 Å². The van der Waals surface area contributed by atoms with E-state index >= 15 is 0 Å². The maximum absolute atomic E-state index is 12.5. The molecule has 1 unspecified atom stereocenters. The molecule has 7 heteroatoms. The van der Waals surface area contributed by atoms with Crippen LogP contribution in [0, 0.1) is 0 Å². The number of nitrogens with one attached hydrogen (secondary N) is 1. The summed E-state index contributed by atoms with van der Waals surface area (Å²) in [6.07, 6.45) is 3.80. The van der Waals surface area contributed by atoms with Gasteiger partial charge in [-0.15, -0.1) is 0 Å². The lowest BCUT2D eigenvalue weighted by Gasteiger charge is -2.29. The molecule has 3 rings (SSSR count). The van der Waals surface area contributed by atoms with Gasteiger partial charge in [0, 0.05) is 22.5 Å². The summed E-state index contributed by atoms with van der Waals surface area (Å²) in [6.45, 7) is 2.18. The summed E-state index contributed by atoms with van der Waals surface area (Å²) in [7, 11) is -1.94. The van der Waals surface area contributed by atoms with Crippen molar-refractivity contribution < 1.29 is 13.2 Å². The van der Waals surface area contributed by atoms with Crippen LogP contribution in [0.1, 0.15) is 30.0 Å². The van der Waals surface area contributed by atoms with E-state index in [4.69, 9.17) is 16.3 Å². The lowest BCUT2D eigenvalue weighted by Crippen LogP contribution is -2.36. The molecule has 1 aliphatic rings. The summed E-state index contributed by atoms with van der Waals surface area (Å²) in [6, 6.07) is 14.7. The van der Waals surface area contributed by atoms with Crippen LogP contribution in [-0.4, -0.2) is 40.1 Å². The zero-order valence-corrected chi connectivity index (χ0v) is 17.4. The van der Waals surface area contributed by atoms with Crippen molar-refractivity contribution in [1.29, 1.82) is 0 Å². The minimum atomic E-state index is -3.57. The molecule has 28 heavy (non-hydrogen) atoms. The van der Waals surface area contributed by atoms with Crippen LogP contribution in [0.4, 0.5) is 0 Å². The van der Waals surface area contributed by atoms with E-state index in [9.17, 15) is 8.42 Å². The lowest BCUT2D eigenvalue weighted by molar-refractivity contribution is 0.240. The Bertz CT molecular complexity index is 908. The molecule has 0 amide bonds. The molecule has 0 aliphatic carbocycles. The van der Waals surface area contributed by atoms with Crippen LogP contribution in [0.15, 0.2) is 53.9 Å². The van der Waals surface area contributed by atoms with Gasteiger partial charge >= 0.3 is 0 Å². The van der Waals surface area contributed by atoms with Crippen molar-refractivity contribution in [2.75, 3.05) is 26.7 Å². The fraction of sp³-hybridized carbons (Fsp3) is 0.333. The summed E-state index contributed by atoms with van der Waals surface area (Å²) < 4.78 is 33.2. The highest BCUT2D eigenvalue weighted by atomic mass is 35.5. The largest absolute Gasteiger partial charge is 0.496 e. The summed E-state index contributed by atoms with van der Waals surface area (Å²) in [5.41, 5.74) is 1.77. The SMILES string of the molecule is COc1ccccc1C(CNS(=O)(=O)C=Cc1ccc(Cl)cc1)N1CCCC1. The number of hydrogen-bond donors (Lipinski definition) is 1. The van der Waals surface area contributed by atoms with Gasteiger partial charge < -0.3 is 4.74 Å². The van der Waals surface area contributed by atoms with Gasteiger partial charge in [0.1, 0.15) is 5.75 Å². The summed E-state index contributed by atoms with van der Waals surface area (Å²) >= 11 is 5.86. The molecule has 0 bridgehead atoms. The summed E-state index contributed by atoms with van der Waals surface area (Å²) in [5, 5.41) is 1.81.